The van der Waals surface area contributed by atoms with Crippen molar-refractivity contribution >= 4 is 5.91 Å². The van der Waals surface area contributed by atoms with Crippen molar-refractivity contribution in [2.24, 2.45) is 0 Å². The summed E-state index contributed by atoms with van der Waals surface area (Å²) in [7, 11) is 0. The summed E-state index contributed by atoms with van der Waals surface area (Å²) >= 11 is 0. The third-order valence-corrected chi connectivity index (χ3v) is 2.83. The van der Waals surface area contributed by atoms with Crippen molar-refractivity contribution in [2.45, 2.75) is 44.6 Å². The zero-order chi connectivity index (χ0) is 12.3. The Morgan fingerprint density at radius 2 is 2.18 bits per heavy atom. The molecule has 4 heteroatoms. The molecule has 0 radical (unpaired) electrons. The van der Waals surface area contributed by atoms with Crippen molar-refractivity contribution in [3.63, 3.8) is 0 Å². The van der Waals surface area contributed by atoms with E-state index in [0.717, 1.165) is 32.1 Å². The van der Waals surface area contributed by atoms with E-state index >= 15 is 0 Å². The maximum Gasteiger partial charge on any atom is 0.246 e. The van der Waals surface area contributed by atoms with Crippen molar-refractivity contribution in [3.8, 4) is 0 Å². The van der Waals surface area contributed by atoms with Gasteiger partial charge < -0.3 is 15.2 Å². The molecule has 0 bridgehead atoms. The van der Waals surface area contributed by atoms with Gasteiger partial charge in [0.1, 0.15) is 6.61 Å². The molecule has 0 aromatic heterocycles. The maximum absolute atomic E-state index is 11.4. The Morgan fingerprint density at radius 3 is 3.00 bits per heavy atom. The molecule has 17 heavy (non-hydrogen) atoms. The van der Waals surface area contributed by atoms with Gasteiger partial charge in [0.05, 0.1) is 6.10 Å². The van der Waals surface area contributed by atoms with Gasteiger partial charge in [0.25, 0.3) is 0 Å². The molecule has 0 saturated heterocycles. The molecule has 1 unspecified atom stereocenters. The molecule has 4 nitrogen and oxygen atoms in total. The van der Waals surface area contributed by atoms with Gasteiger partial charge >= 0.3 is 0 Å². The first-order chi connectivity index (χ1) is 8.33. The molecule has 0 fully saturated rings. The van der Waals surface area contributed by atoms with Gasteiger partial charge in [0, 0.05) is 13.2 Å². The number of ether oxygens (including phenoxy) is 1. The van der Waals surface area contributed by atoms with E-state index in [1.165, 1.54) is 0 Å². The van der Waals surface area contributed by atoms with Crippen LogP contribution in [0.1, 0.15) is 38.5 Å². The molecule has 1 aliphatic carbocycles. The molecule has 1 atom stereocenters. The van der Waals surface area contributed by atoms with E-state index in [4.69, 9.17) is 9.84 Å². The molecule has 0 aromatic rings. The standard InChI is InChI=1S/C13H23NO3/c15-10-6-9-14-13(16)11-17-12-7-4-2-1-3-5-8-12/h1-2,12,15H,3-11H2,(H,14,16)/b2-1+. The Bertz CT molecular complexity index is 241. The van der Waals surface area contributed by atoms with E-state index in [1.54, 1.807) is 0 Å². The number of allylic oxidation sites excluding steroid dienone is 2. The molecule has 2 N–H and O–H groups in total. The molecule has 0 heterocycles. The highest BCUT2D eigenvalue weighted by Gasteiger charge is 2.11. The van der Waals surface area contributed by atoms with Crippen LogP contribution in [-0.4, -0.2) is 36.9 Å². The fourth-order valence-electron chi connectivity index (χ4n) is 1.84. The highest BCUT2D eigenvalue weighted by atomic mass is 16.5. The third-order valence-electron chi connectivity index (χ3n) is 2.83. The van der Waals surface area contributed by atoms with Crippen LogP contribution in [-0.2, 0) is 9.53 Å². The normalized spacial score (nSPS) is 22.5. The van der Waals surface area contributed by atoms with Crippen LogP contribution in [0.25, 0.3) is 0 Å². The third kappa shape index (κ3) is 7.13. The van der Waals surface area contributed by atoms with E-state index in [9.17, 15) is 4.79 Å². The molecule has 1 rings (SSSR count). The van der Waals surface area contributed by atoms with Gasteiger partial charge in [-0.05, 0) is 38.5 Å². The molecule has 98 valence electrons. The number of nitrogens with one attached hydrogen (secondary N) is 1. The lowest BCUT2D eigenvalue weighted by atomic mass is 10.0. The second-order valence-electron chi connectivity index (χ2n) is 4.34. The van der Waals surface area contributed by atoms with Crippen LogP contribution in [0.3, 0.4) is 0 Å². The van der Waals surface area contributed by atoms with Crippen molar-refractivity contribution in [1.29, 1.82) is 0 Å². The van der Waals surface area contributed by atoms with Crippen molar-refractivity contribution < 1.29 is 14.6 Å². The summed E-state index contributed by atoms with van der Waals surface area (Å²) < 4.78 is 5.60. The molecular weight excluding hydrogens is 218 g/mol. The number of hydrogen-bond acceptors (Lipinski definition) is 3. The van der Waals surface area contributed by atoms with Gasteiger partial charge in [-0.15, -0.1) is 0 Å². The summed E-state index contributed by atoms with van der Waals surface area (Å²) in [5.41, 5.74) is 0. The average molecular weight is 241 g/mol. The summed E-state index contributed by atoms with van der Waals surface area (Å²) in [6, 6.07) is 0. The van der Waals surface area contributed by atoms with Crippen molar-refractivity contribution in [2.75, 3.05) is 19.8 Å². The summed E-state index contributed by atoms with van der Waals surface area (Å²) in [5, 5.41) is 11.3. The Morgan fingerprint density at radius 1 is 1.35 bits per heavy atom. The molecule has 1 aliphatic rings. The zero-order valence-electron chi connectivity index (χ0n) is 10.4. The van der Waals surface area contributed by atoms with Crippen LogP contribution in [0.5, 0.6) is 0 Å². The molecule has 0 saturated carbocycles. The quantitative estimate of drug-likeness (QED) is 0.546. The molecule has 0 aromatic carbocycles. The minimum Gasteiger partial charge on any atom is -0.396 e. The largest absolute Gasteiger partial charge is 0.396 e. The first kappa shape index (κ1) is 14.2. The van der Waals surface area contributed by atoms with Crippen LogP contribution >= 0.6 is 0 Å². The van der Waals surface area contributed by atoms with E-state index in [-0.39, 0.29) is 25.2 Å². The zero-order valence-corrected chi connectivity index (χ0v) is 10.4. The lowest BCUT2D eigenvalue weighted by molar-refractivity contribution is -0.128. The van der Waals surface area contributed by atoms with Gasteiger partial charge in [-0.25, -0.2) is 0 Å². The first-order valence-electron chi connectivity index (χ1n) is 6.47. The fourth-order valence-corrected chi connectivity index (χ4v) is 1.84. The highest BCUT2D eigenvalue weighted by Crippen LogP contribution is 2.15. The SMILES string of the molecule is O=C(COC1CC/C=C/CCC1)NCCCO. The van der Waals surface area contributed by atoms with Crippen molar-refractivity contribution in [1.82, 2.24) is 5.32 Å². The fraction of sp³-hybridized carbons (Fsp3) is 0.769. The number of aliphatic hydroxyl groups excluding tert-OH is 1. The number of carbonyl (C=O) groups is 1. The van der Waals surface area contributed by atoms with Crippen LogP contribution in [0.15, 0.2) is 12.2 Å². The van der Waals surface area contributed by atoms with E-state index in [0.29, 0.717) is 13.0 Å². The Hall–Kier alpha value is -0.870. The van der Waals surface area contributed by atoms with Gasteiger partial charge in [0.2, 0.25) is 5.91 Å². The summed E-state index contributed by atoms with van der Waals surface area (Å²) in [6.45, 7) is 0.766. The van der Waals surface area contributed by atoms with Gasteiger partial charge in [-0.1, -0.05) is 12.2 Å². The van der Waals surface area contributed by atoms with Gasteiger partial charge in [0.15, 0.2) is 0 Å². The second kappa shape index (κ2) is 9.19. The monoisotopic (exact) mass is 241 g/mol. The summed E-state index contributed by atoms with van der Waals surface area (Å²) in [6.07, 6.45) is 10.5. The maximum atomic E-state index is 11.4. The van der Waals surface area contributed by atoms with Crippen LogP contribution in [0.2, 0.25) is 0 Å². The Labute approximate surface area is 103 Å². The number of rotatable bonds is 6. The predicted molar refractivity (Wildman–Crippen MR) is 66.7 cm³/mol. The first-order valence-corrected chi connectivity index (χ1v) is 6.47. The van der Waals surface area contributed by atoms with Crippen LogP contribution in [0.4, 0.5) is 0 Å². The van der Waals surface area contributed by atoms with Gasteiger partial charge in [-0.2, -0.15) is 0 Å². The predicted octanol–water partition coefficient (Wildman–Crippen LogP) is 1.39. The number of amides is 1. The van der Waals surface area contributed by atoms with Crippen LogP contribution < -0.4 is 5.32 Å². The molecule has 0 spiro atoms. The van der Waals surface area contributed by atoms with Crippen LogP contribution in [0, 0.1) is 0 Å². The smallest absolute Gasteiger partial charge is 0.246 e. The van der Waals surface area contributed by atoms with E-state index in [1.807, 2.05) is 0 Å². The topological polar surface area (TPSA) is 58.6 Å². The summed E-state index contributed by atoms with van der Waals surface area (Å²) in [4.78, 5) is 11.4. The highest BCUT2D eigenvalue weighted by molar-refractivity contribution is 5.77. The summed E-state index contributed by atoms with van der Waals surface area (Å²) in [5.74, 6) is -0.0870. The van der Waals surface area contributed by atoms with Crippen molar-refractivity contribution in [3.05, 3.63) is 12.2 Å². The lowest BCUT2D eigenvalue weighted by Crippen LogP contribution is -2.31. The number of carbonyl (C=O) groups excluding carboxylic acids is 1. The molecule has 1 amide bonds. The Balaban J connectivity index is 2.11. The number of hydrogen-bond donors (Lipinski definition) is 2. The van der Waals surface area contributed by atoms with E-state index < -0.39 is 0 Å². The van der Waals surface area contributed by atoms with E-state index in [2.05, 4.69) is 17.5 Å². The average Bonchev–Trinajstić information content (AvgIpc) is 2.28. The second-order valence-corrected chi connectivity index (χ2v) is 4.34. The lowest BCUT2D eigenvalue weighted by Gasteiger charge is -2.18. The van der Waals surface area contributed by atoms with Gasteiger partial charge in [-0.3, -0.25) is 4.79 Å². The minimum absolute atomic E-state index is 0.0870. The Kier molecular flexibility index (Phi) is 7.67. The minimum atomic E-state index is -0.0870. The molecular formula is C13H23NO3. The molecule has 0 aliphatic heterocycles. The number of aliphatic hydroxyl groups is 1.